The number of nitrogen functional groups attached to an aromatic ring is 1. The fourth-order valence-electron chi connectivity index (χ4n) is 2.11. The van der Waals surface area contributed by atoms with Crippen molar-refractivity contribution in [2.24, 2.45) is 5.16 Å². The predicted octanol–water partition coefficient (Wildman–Crippen LogP) is -1.17. The molecule has 1 aromatic rings. The maximum Gasteiger partial charge on any atom is 0.362 e. The van der Waals surface area contributed by atoms with E-state index in [1.807, 2.05) is 0 Å². The molecule has 1 aromatic heterocycles. The number of thiazole rings is 1. The van der Waals surface area contributed by atoms with E-state index in [-0.39, 0.29) is 15.1 Å². The summed E-state index contributed by atoms with van der Waals surface area (Å²) in [7, 11) is -4.76. The number of β-lactam (4-membered cyclic amide) rings is 1. The third-order valence-corrected chi connectivity index (χ3v) is 5.41. The molecule has 0 radical (unpaired) electrons. The van der Waals surface area contributed by atoms with Crippen molar-refractivity contribution in [3.8, 4) is 0 Å². The van der Waals surface area contributed by atoms with E-state index in [1.165, 1.54) is 26.2 Å². The van der Waals surface area contributed by atoms with Gasteiger partial charge in [0.05, 0.1) is 6.04 Å². The van der Waals surface area contributed by atoms with Crippen LogP contribution in [0.2, 0.25) is 0 Å². The van der Waals surface area contributed by atoms with Crippen LogP contribution in [-0.2, 0) is 29.5 Å². The van der Waals surface area contributed by atoms with Gasteiger partial charge in [-0.1, -0.05) is 5.16 Å². The van der Waals surface area contributed by atoms with Crippen LogP contribution in [0.25, 0.3) is 0 Å². The van der Waals surface area contributed by atoms with Crippen molar-refractivity contribution in [3.05, 3.63) is 11.1 Å². The van der Waals surface area contributed by atoms with Crippen LogP contribution in [0.15, 0.2) is 10.5 Å². The molecule has 1 aliphatic heterocycles. The largest absolute Gasteiger partial charge is 0.478 e. The Labute approximate surface area is 163 Å². The number of hydrogen-bond donors (Lipinski definition) is 4. The number of anilines is 1. The summed E-state index contributed by atoms with van der Waals surface area (Å²) in [5, 5.41) is 16.3. The standard InChI is InChI=1S/C13H17N5O8S2/c1-5-7(10(20)18(5)28(23,24)25)16-9(19)8(6-4-27-12(14)15-6)17-26-13(2,3)11(21)22/h4-5,7H,1-3H3,(H2,14,15)(H,16,19)(H,21,22)(H,23,24,25)/t5-,7+/m1/s1. The Morgan fingerprint density at radius 1 is 1.46 bits per heavy atom. The lowest BCUT2D eigenvalue weighted by Gasteiger charge is -2.42. The van der Waals surface area contributed by atoms with Gasteiger partial charge in [0.15, 0.2) is 10.8 Å². The molecule has 5 N–H and O–H groups in total. The van der Waals surface area contributed by atoms with Crippen LogP contribution in [0.3, 0.4) is 0 Å². The summed E-state index contributed by atoms with van der Waals surface area (Å²) in [6, 6.07) is -2.31. The Morgan fingerprint density at radius 2 is 2.07 bits per heavy atom. The minimum absolute atomic E-state index is 0.0350. The highest BCUT2D eigenvalue weighted by molar-refractivity contribution is 7.84. The lowest BCUT2D eigenvalue weighted by Crippen LogP contribution is -2.71. The summed E-state index contributed by atoms with van der Waals surface area (Å²) < 4.78 is 31.4. The smallest absolute Gasteiger partial charge is 0.362 e. The lowest BCUT2D eigenvalue weighted by molar-refractivity contribution is -0.161. The molecule has 0 unspecified atom stereocenters. The summed E-state index contributed by atoms with van der Waals surface area (Å²) in [6.45, 7) is 3.69. The second-order valence-electron chi connectivity index (χ2n) is 6.22. The van der Waals surface area contributed by atoms with Crippen molar-refractivity contribution < 1.29 is 37.3 Å². The van der Waals surface area contributed by atoms with Crippen LogP contribution in [0.4, 0.5) is 5.13 Å². The maximum atomic E-state index is 12.6. The number of carbonyl (C=O) groups is 3. The van der Waals surface area contributed by atoms with Crippen LogP contribution in [0.5, 0.6) is 0 Å². The normalized spacial score (nSPS) is 20.5. The highest BCUT2D eigenvalue weighted by atomic mass is 32.2. The molecule has 0 bridgehead atoms. The number of carboxylic acid groups (broad SMARTS) is 1. The van der Waals surface area contributed by atoms with Crippen LogP contribution in [0.1, 0.15) is 26.5 Å². The molecular formula is C13H17N5O8S2. The number of oxime groups is 1. The number of aliphatic carboxylic acids is 1. The third kappa shape index (κ3) is 4.20. The summed E-state index contributed by atoms with van der Waals surface area (Å²) in [5.41, 5.74) is 3.26. The highest BCUT2D eigenvalue weighted by Crippen LogP contribution is 2.23. The topological polar surface area (TPSA) is 202 Å². The van der Waals surface area contributed by atoms with Crippen molar-refractivity contribution in [3.63, 3.8) is 0 Å². The minimum atomic E-state index is -4.76. The molecule has 15 heteroatoms. The summed E-state index contributed by atoms with van der Waals surface area (Å²) in [6.07, 6.45) is 0. The molecule has 1 saturated heterocycles. The van der Waals surface area contributed by atoms with E-state index in [0.717, 1.165) is 11.3 Å². The van der Waals surface area contributed by atoms with Crippen molar-refractivity contribution in [2.75, 3.05) is 5.73 Å². The molecule has 13 nitrogen and oxygen atoms in total. The molecule has 28 heavy (non-hydrogen) atoms. The predicted molar refractivity (Wildman–Crippen MR) is 95.7 cm³/mol. The molecule has 0 aliphatic carbocycles. The van der Waals surface area contributed by atoms with Gasteiger partial charge in [0.25, 0.3) is 11.8 Å². The molecule has 2 rings (SSSR count). The van der Waals surface area contributed by atoms with Crippen molar-refractivity contribution in [2.45, 2.75) is 38.5 Å². The average Bonchev–Trinajstić information content (AvgIpc) is 2.97. The molecule has 1 aliphatic rings. The van der Waals surface area contributed by atoms with E-state index in [4.69, 9.17) is 20.2 Å². The molecule has 0 spiro atoms. The quantitative estimate of drug-likeness (QED) is 0.175. The van der Waals surface area contributed by atoms with Crippen LogP contribution in [0, 0.1) is 0 Å². The number of nitrogens with two attached hydrogens (primary N) is 1. The molecule has 0 aromatic carbocycles. The zero-order valence-corrected chi connectivity index (χ0v) is 16.4. The van der Waals surface area contributed by atoms with Gasteiger partial charge in [-0.25, -0.2) is 14.1 Å². The molecule has 1 fully saturated rings. The number of carboxylic acids is 1. The molecular weight excluding hydrogens is 418 g/mol. The van der Waals surface area contributed by atoms with E-state index in [2.05, 4.69) is 15.5 Å². The van der Waals surface area contributed by atoms with Crippen molar-refractivity contribution in [1.29, 1.82) is 0 Å². The number of nitrogens with zero attached hydrogens (tertiary/aromatic N) is 3. The van der Waals surface area contributed by atoms with E-state index in [0.29, 0.717) is 0 Å². The Morgan fingerprint density at radius 3 is 2.50 bits per heavy atom. The van der Waals surface area contributed by atoms with Crippen LogP contribution < -0.4 is 11.1 Å². The fraction of sp³-hybridized carbons (Fsp3) is 0.462. The molecule has 2 amide bonds. The summed E-state index contributed by atoms with van der Waals surface area (Å²) in [4.78, 5) is 44.4. The van der Waals surface area contributed by atoms with Gasteiger partial charge < -0.3 is 21.0 Å². The van der Waals surface area contributed by atoms with Gasteiger partial charge >= 0.3 is 16.3 Å². The van der Waals surface area contributed by atoms with Crippen molar-refractivity contribution >= 4 is 50.3 Å². The zero-order valence-electron chi connectivity index (χ0n) is 14.8. The third-order valence-electron chi connectivity index (χ3n) is 3.73. The van der Waals surface area contributed by atoms with Crippen LogP contribution >= 0.6 is 11.3 Å². The van der Waals surface area contributed by atoms with E-state index >= 15 is 0 Å². The first-order chi connectivity index (χ1) is 12.8. The highest BCUT2D eigenvalue weighted by Gasteiger charge is 2.51. The van der Waals surface area contributed by atoms with Gasteiger partial charge in [-0.15, -0.1) is 11.3 Å². The second kappa shape index (κ2) is 7.33. The number of rotatable bonds is 7. The Hall–Kier alpha value is -2.78. The number of hydrogen-bond acceptors (Lipinski definition) is 10. The molecule has 154 valence electrons. The SMILES string of the molecule is C[C@@H]1[C@H](NC(=O)C(=NOC(C)(C)C(=O)O)c2csc(N)n2)C(=O)N1S(=O)(=O)O. The Bertz CT molecular complexity index is 954. The fourth-order valence-corrected chi connectivity index (χ4v) is 3.54. The number of amides is 2. The van der Waals surface area contributed by atoms with Gasteiger partial charge in [-0.3, -0.25) is 14.1 Å². The first-order valence-corrected chi connectivity index (χ1v) is 9.86. The number of carbonyl (C=O) groups excluding carboxylic acids is 2. The molecule has 2 atom stereocenters. The second-order valence-corrected chi connectivity index (χ2v) is 8.40. The first kappa shape index (κ1) is 21.5. The zero-order chi connectivity index (χ0) is 21.4. The molecule has 0 saturated carbocycles. The van der Waals surface area contributed by atoms with Gasteiger partial charge in [-0.2, -0.15) is 8.42 Å². The van der Waals surface area contributed by atoms with Gasteiger partial charge in [0.1, 0.15) is 11.7 Å². The molecule has 2 heterocycles. The van der Waals surface area contributed by atoms with E-state index < -0.39 is 51.5 Å². The average molecular weight is 435 g/mol. The van der Waals surface area contributed by atoms with Gasteiger partial charge in [0.2, 0.25) is 5.60 Å². The minimum Gasteiger partial charge on any atom is -0.478 e. The summed E-state index contributed by atoms with van der Waals surface area (Å²) in [5.74, 6) is -3.38. The van der Waals surface area contributed by atoms with Crippen LogP contribution in [-0.4, -0.2) is 68.5 Å². The Balaban J connectivity index is 2.26. The number of aromatic nitrogens is 1. The maximum absolute atomic E-state index is 12.6. The van der Waals surface area contributed by atoms with E-state index in [1.54, 1.807) is 0 Å². The summed E-state index contributed by atoms with van der Waals surface area (Å²) >= 11 is 0.980. The lowest BCUT2D eigenvalue weighted by atomic mass is 10.0. The monoisotopic (exact) mass is 435 g/mol. The first-order valence-electron chi connectivity index (χ1n) is 7.58. The van der Waals surface area contributed by atoms with Gasteiger partial charge in [0, 0.05) is 5.38 Å². The van der Waals surface area contributed by atoms with Gasteiger partial charge in [-0.05, 0) is 20.8 Å². The number of nitrogens with one attached hydrogen (secondary N) is 1. The van der Waals surface area contributed by atoms with Crippen molar-refractivity contribution in [1.82, 2.24) is 14.6 Å². The Kier molecular flexibility index (Phi) is 5.63. The van der Waals surface area contributed by atoms with E-state index in [9.17, 15) is 22.8 Å².